The van der Waals surface area contributed by atoms with E-state index in [0.29, 0.717) is 25.4 Å². The molecule has 4 rings (SSSR count). The minimum Gasteiger partial charge on any atom is -0.497 e. The molecule has 3 aromatic carbocycles. The molecule has 11 heteroatoms. The first kappa shape index (κ1) is 31.1. The zero-order valence-corrected chi connectivity index (χ0v) is 25.4. The molecule has 42 heavy (non-hydrogen) atoms. The van der Waals surface area contributed by atoms with Crippen LogP contribution in [0.4, 0.5) is 5.69 Å². The van der Waals surface area contributed by atoms with E-state index in [1.54, 1.807) is 49.3 Å². The third kappa shape index (κ3) is 7.15. The number of sulfonamides is 1. The first-order valence-corrected chi connectivity index (χ1v) is 15.2. The number of benzene rings is 3. The predicted octanol–water partition coefficient (Wildman–Crippen LogP) is 3.86. The van der Waals surface area contributed by atoms with Gasteiger partial charge >= 0.3 is 0 Å². The Labute approximate surface area is 247 Å². The minimum absolute atomic E-state index is 0.0396. The Hall–Kier alpha value is -3.80. The number of para-hydroxylation sites is 1. The number of methoxy groups -OCH3 is 2. The van der Waals surface area contributed by atoms with Gasteiger partial charge < -0.3 is 24.2 Å². The topological polar surface area (TPSA) is 118 Å². The van der Waals surface area contributed by atoms with Gasteiger partial charge in [0.05, 0.1) is 43.0 Å². The third-order valence-electron chi connectivity index (χ3n) is 7.41. The average Bonchev–Trinajstić information content (AvgIpc) is 2.99. The van der Waals surface area contributed by atoms with Gasteiger partial charge in [0.2, 0.25) is 0 Å². The number of anilines is 1. The second-order valence-electron chi connectivity index (χ2n) is 10.6. The number of rotatable bonds is 11. The Balaban J connectivity index is 1.68. The molecule has 0 unspecified atom stereocenters. The molecule has 1 aliphatic heterocycles. The van der Waals surface area contributed by atoms with Gasteiger partial charge in [-0.3, -0.25) is 14.4 Å². The molecule has 0 fully saturated rings. The Morgan fingerprint density at radius 1 is 1.05 bits per heavy atom. The van der Waals surface area contributed by atoms with Gasteiger partial charge in [-0.25, -0.2) is 8.42 Å². The molecule has 1 heterocycles. The van der Waals surface area contributed by atoms with Crippen molar-refractivity contribution in [2.24, 2.45) is 5.92 Å². The second kappa shape index (κ2) is 13.5. The largest absolute Gasteiger partial charge is 0.497 e. The van der Waals surface area contributed by atoms with Gasteiger partial charge in [-0.2, -0.15) is 0 Å². The molecule has 3 atom stereocenters. The quantitative estimate of drug-likeness (QED) is 0.342. The van der Waals surface area contributed by atoms with Gasteiger partial charge in [-0.15, -0.1) is 0 Å². The highest BCUT2D eigenvalue weighted by atomic mass is 32.2. The average molecular weight is 598 g/mol. The zero-order valence-electron chi connectivity index (χ0n) is 24.6. The van der Waals surface area contributed by atoms with Crippen LogP contribution < -0.4 is 18.9 Å². The van der Waals surface area contributed by atoms with Crippen LogP contribution in [0, 0.1) is 5.92 Å². The van der Waals surface area contributed by atoms with Crippen molar-refractivity contribution in [2.75, 3.05) is 45.7 Å². The molecule has 1 amide bonds. The van der Waals surface area contributed by atoms with Crippen LogP contribution in [0.5, 0.6) is 17.2 Å². The summed E-state index contributed by atoms with van der Waals surface area (Å²) in [5.74, 6) is 0.988. The number of carbonyl (C=O) groups is 1. The lowest BCUT2D eigenvalue weighted by Crippen LogP contribution is -2.49. The smallest absolute Gasteiger partial charge is 0.262 e. The number of nitrogens with zero attached hydrogens (tertiary/aromatic N) is 2. The van der Waals surface area contributed by atoms with Crippen molar-refractivity contribution in [3.63, 3.8) is 0 Å². The predicted molar refractivity (Wildman–Crippen MR) is 161 cm³/mol. The van der Waals surface area contributed by atoms with Crippen molar-refractivity contribution in [2.45, 2.75) is 37.4 Å². The van der Waals surface area contributed by atoms with Crippen LogP contribution in [0.2, 0.25) is 0 Å². The van der Waals surface area contributed by atoms with Gasteiger partial charge in [0.15, 0.2) is 5.75 Å². The molecule has 2 N–H and O–H groups in total. The summed E-state index contributed by atoms with van der Waals surface area (Å²) in [6.07, 6.45) is -0.403. The number of hydrogen-bond donors (Lipinski definition) is 2. The number of aliphatic hydroxyl groups excluding tert-OH is 1. The minimum atomic E-state index is -4.02. The number of hydrogen-bond acceptors (Lipinski definition) is 8. The number of aliphatic hydroxyl groups is 1. The van der Waals surface area contributed by atoms with Crippen molar-refractivity contribution in [3.8, 4) is 17.2 Å². The summed E-state index contributed by atoms with van der Waals surface area (Å²) < 4.78 is 46.3. The van der Waals surface area contributed by atoms with Crippen LogP contribution in [0.3, 0.4) is 0 Å². The molecule has 0 bridgehead atoms. The van der Waals surface area contributed by atoms with Crippen LogP contribution >= 0.6 is 0 Å². The molecule has 0 spiro atoms. The Morgan fingerprint density at radius 3 is 2.26 bits per heavy atom. The number of fused-ring (bicyclic) bond motifs is 1. The highest BCUT2D eigenvalue weighted by Gasteiger charge is 2.35. The molecular formula is C31H39N3O7S. The SMILES string of the molecule is COc1ccc(CN(C)C[C@@H]2Oc3c(NS(=O)(=O)c4ccc(OC)cc4)cccc3C(=O)N([C@@H](C)CO)C[C@H]2C)cc1. The lowest BCUT2D eigenvalue weighted by atomic mass is 9.99. The summed E-state index contributed by atoms with van der Waals surface area (Å²) in [6.45, 7) is 5.08. The molecule has 0 saturated carbocycles. The summed E-state index contributed by atoms with van der Waals surface area (Å²) in [6, 6.07) is 18.2. The van der Waals surface area contributed by atoms with E-state index in [-0.39, 0.29) is 40.3 Å². The van der Waals surface area contributed by atoms with Crippen LogP contribution in [-0.2, 0) is 16.6 Å². The maximum atomic E-state index is 13.7. The first-order chi connectivity index (χ1) is 20.1. The van der Waals surface area contributed by atoms with Crippen LogP contribution in [-0.4, -0.2) is 82.3 Å². The fourth-order valence-corrected chi connectivity index (χ4v) is 5.98. The summed E-state index contributed by atoms with van der Waals surface area (Å²) in [5.41, 5.74) is 1.47. The van der Waals surface area contributed by atoms with E-state index in [4.69, 9.17) is 14.2 Å². The molecule has 1 aliphatic rings. The molecule has 0 radical (unpaired) electrons. The number of ether oxygens (including phenoxy) is 3. The Kier molecular flexibility index (Phi) is 9.97. The van der Waals surface area contributed by atoms with Crippen LogP contribution in [0.15, 0.2) is 71.6 Å². The van der Waals surface area contributed by atoms with Gasteiger partial charge in [-0.1, -0.05) is 25.1 Å². The Morgan fingerprint density at radius 2 is 1.67 bits per heavy atom. The molecule has 226 valence electrons. The number of likely N-dealkylation sites (N-methyl/N-ethyl adjacent to an activating group) is 1. The zero-order chi connectivity index (χ0) is 30.4. The van der Waals surface area contributed by atoms with E-state index in [1.807, 2.05) is 38.2 Å². The van der Waals surface area contributed by atoms with Crippen molar-refractivity contribution < 1.29 is 32.5 Å². The van der Waals surface area contributed by atoms with E-state index in [0.717, 1.165) is 11.3 Å². The maximum Gasteiger partial charge on any atom is 0.262 e. The highest BCUT2D eigenvalue weighted by Crippen LogP contribution is 2.36. The number of nitrogens with one attached hydrogen (secondary N) is 1. The highest BCUT2D eigenvalue weighted by molar-refractivity contribution is 7.92. The van der Waals surface area contributed by atoms with Gasteiger partial charge in [-0.05, 0) is 68.1 Å². The normalized spacial score (nSPS) is 18.0. The molecule has 0 saturated heterocycles. The Bertz CT molecular complexity index is 1460. The standard InChI is InChI=1S/C31H39N3O7S/c1-21-17-34(22(2)20-35)31(36)27-7-6-8-28(32-42(37,38)26-15-13-25(40-5)14-16-26)30(27)41-29(21)19-33(3)18-23-9-11-24(39-4)12-10-23/h6-16,21-22,29,32,35H,17-20H2,1-5H3/t21-,22+,29+/m1/s1. The monoisotopic (exact) mass is 597 g/mol. The van der Waals surface area contributed by atoms with E-state index in [2.05, 4.69) is 9.62 Å². The summed E-state index contributed by atoms with van der Waals surface area (Å²) in [7, 11) is 1.10. The van der Waals surface area contributed by atoms with Crippen molar-refractivity contribution in [3.05, 3.63) is 77.9 Å². The molecular weight excluding hydrogens is 558 g/mol. The lowest BCUT2D eigenvalue weighted by molar-refractivity contribution is 0.0344. The van der Waals surface area contributed by atoms with Gasteiger partial charge in [0.25, 0.3) is 15.9 Å². The van der Waals surface area contributed by atoms with Crippen molar-refractivity contribution >= 4 is 21.6 Å². The van der Waals surface area contributed by atoms with E-state index >= 15 is 0 Å². The van der Waals surface area contributed by atoms with Crippen LogP contribution in [0.25, 0.3) is 0 Å². The fraction of sp³-hybridized carbons (Fsp3) is 0.387. The van der Waals surface area contributed by atoms with Crippen LogP contribution in [0.1, 0.15) is 29.8 Å². The fourth-order valence-electron chi connectivity index (χ4n) is 4.91. The molecule has 0 aromatic heterocycles. The molecule has 0 aliphatic carbocycles. The number of carbonyl (C=O) groups excluding carboxylic acids is 1. The first-order valence-electron chi connectivity index (χ1n) is 13.8. The van der Waals surface area contributed by atoms with E-state index in [9.17, 15) is 18.3 Å². The summed E-state index contributed by atoms with van der Waals surface area (Å²) in [4.78, 5) is 17.5. The van der Waals surface area contributed by atoms with Gasteiger partial charge in [0.1, 0.15) is 17.6 Å². The van der Waals surface area contributed by atoms with Crippen molar-refractivity contribution in [1.82, 2.24) is 9.80 Å². The van der Waals surface area contributed by atoms with E-state index in [1.165, 1.54) is 19.2 Å². The summed E-state index contributed by atoms with van der Waals surface area (Å²) >= 11 is 0. The maximum absolute atomic E-state index is 13.7. The third-order valence-corrected chi connectivity index (χ3v) is 8.79. The molecule has 3 aromatic rings. The van der Waals surface area contributed by atoms with E-state index < -0.39 is 22.2 Å². The summed E-state index contributed by atoms with van der Waals surface area (Å²) in [5, 5.41) is 9.94. The number of amides is 1. The van der Waals surface area contributed by atoms with Crippen molar-refractivity contribution in [1.29, 1.82) is 0 Å². The van der Waals surface area contributed by atoms with Gasteiger partial charge in [0, 0.05) is 25.6 Å². The lowest BCUT2D eigenvalue weighted by Gasteiger charge is -2.38. The molecule has 10 nitrogen and oxygen atoms in total. The second-order valence-corrected chi connectivity index (χ2v) is 12.3.